The van der Waals surface area contributed by atoms with Gasteiger partial charge in [0.05, 0.1) is 6.10 Å². The lowest BCUT2D eigenvalue weighted by atomic mass is 10.1. The Bertz CT molecular complexity index is 220. The molecule has 0 spiro atoms. The Kier molecular flexibility index (Phi) is 4.54. The molecule has 88 valence electrons. The second kappa shape index (κ2) is 5.47. The molecule has 0 aliphatic carbocycles. The average Bonchev–Trinajstić information content (AvgIpc) is 2.63. The normalized spacial score (nSPS) is 26.5. The molecule has 1 heterocycles. The Labute approximate surface area is 91.2 Å². The lowest BCUT2D eigenvalue weighted by Gasteiger charge is -2.28. The van der Waals surface area contributed by atoms with Crippen LogP contribution in [0, 0.1) is 5.92 Å². The highest BCUT2D eigenvalue weighted by Crippen LogP contribution is 2.22. The molecule has 15 heavy (non-hydrogen) atoms. The van der Waals surface area contributed by atoms with E-state index in [9.17, 15) is 4.79 Å². The third kappa shape index (κ3) is 3.47. The number of rotatable bonds is 5. The fourth-order valence-corrected chi connectivity index (χ4v) is 2.14. The number of ether oxygens (including phenoxy) is 1. The first-order valence-electron chi connectivity index (χ1n) is 5.53. The van der Waals surface area contributed by atoms with Crippen LogP contribution in [0.15, 0.2) is 0 Å². The van der Waals surface area contributed by atoms with Gasteiger partial charge in [0, 0.05) is 26.1 Å². The number of aliphatic carboxylic acids is 1. The van der Waals surface area contributed by atoms with Gasteiger partial charge < -0.3 is 9.84 Å². The second-order valence-corrected chi connectivity index (χ2v) is 4.43. The zero-order valence-corrected chi connectivity index (χ0v) is 9.77. The molecule has 0 aromatic rings. The number of carbonyl (C=O) groups is 1. The van der Waals surface area contributed by atoms with E-state index >= 15 is 0 Å². The van der Waals surface area contributed by atoms with Crippen LogP contribution in [-0.4, -0.2) is 48.3 Å². The Hall–Kier alpha value is -0.610. The number of likely N-dealkylation sites (tertiary alicyclic amines) is 1. The molecule has 1 fully saturated rings. The van der Waals surface area contributed by atoms with Gasteiger partial charge in [-0.2, -0.15) is 0 Å². The standard InChI is InChI=1S/C11H21NO3/c1-8(9(2)15-3)12-5-4-10(7-12)6-11(13)14/h8-10H,4-7H2,1-3H3,(H,13,14). The fraction of sp³-hybridized carbons (Fsp3) is 0.909. The molecular formula is C11H21NO3. The summed E-state index contributed by atoms with van der Waals surface area (Å²) in [6.45, 7) is 6.07. The molecule has 1 aliphatic heterocycles. The van der Waals surface area contributed by atoms with Crippen molar-refractivity contribution in [3.63, 3.8) is 0 Å². The average molecular weight is 215 g/mol. The summed E-state index contributed by atoms with van der Waals surface area (Å²) >= 11 is 0. The first kappa shape index (κ1) is 12.5. The molecule has 3 unspecified atom stereocenters. The second-order valence-electron chi connectivity index (χ2n) is 4.43. The summed E-state index contributed by atoms with van der Waals surface area (Å²) in [7, 11) is 1.71. The Balaban J connectivity index is 2.38. The summed E-state index contributed by atoms with van der Waals surface area (Å²) in [5.41, 5.74) is 0. The summed E-state index contributed by atoms with van der Waals surface area (Å²) in [5.74, 6) is -0.372. The monoisotopic (exact) mass is 215 g/mol. The summed E-state index contributed by atoms with van der Waals surface area (Å²) in [5, 5.41) is 8.71. The van der Waals surface area contributed by atoms with Gasteiger partial charge in [0.2, 0.25) is 0 Å². The molecule has 0 amide bonds. The summed E-state index contributed by atoms with van der Waals surface area (Å²) in [6.07, 6.45) is 1.49. The predicted octanol–water partition coefficient (Wildman–Crippen LogP) is 1.21. The lowest BCUT2D eigenvalue weighted by molar-refractivity contribution is -0.138. The molecule has 1 saturated heterocycles. The van der Waals surface area contributed by atoms with Crippen molar-refractivity contribution in [1.29, 1.82) is 0 Å². The smallest absolute Gasteiger partial charge is 0.303 e. The first-order chi connectivity index (χ1) is 7.04. The highest BCUT2D eigenvalue weighted by Gasteiger charge is 2.29. The summed E-state index contributed by atoms with van der Waals surface area (Å²) < 4.78 is 5.28. The van der Waals surface area contributed by atoms with Crippen LogP contribution in [0.5, 0.6) is 0 Å². The maximum Gasteiger partial charge on any atom is 0.303 e. The van der Waals surface area contributed by atoms with Gasteiger partial charge in [-0.1, -0.05) is 0 Å². The van der Waals surface area contributed by atoms with E-state index in [4.69, 9.17) is 9.84 Å². The topological polar surface area (TPSA) is 49.8 Å². The molecule has 0 radical (unpaired) electrons. The number of hydrogen-bond acceptors (Lipinski definition) is 3. The molecule has 1 rings (SSSR count). The zero-order valence-electron chi connectivity index (χ0n) is 9.77. The van der Waals surface area contributed by atoms with Gasteiger partial charge in [-0.25, -0.2) is 0 Å². The molecule has 0 aromatic heterocycles. The highest BCUT2D eigenvalue weighted by atomic mass is 16.5. The van der Waals surface area contributed by atoms with Crippen LogP contribution in [0.25, 0.3) is 0 Å². The molecular weight excluding hydrogens is 194 g/mol. The van der Waals surface area contributed by atoms with Crippen LogP contribution < -0.4 is 0 Å². The number of methoxy groups -OCH3 is 1. The van der Waals surface area contributed by atoms with Crippen molar-refractivity contribution in [2.75, 3.05) is 20.2 Å². The minimum Gasteiger partial charge on any atom is -0.481 e. The van der Waals surface area contributed by atoms with E-state index in [1.165, 1.54) is 0 Å². The summed E-state index contributed by atoms with van der Waals surface area (Å²) in [4.78, 5) is 12.9. The van der Waals surface area contributed by atoms with Crippen LogP contribution in [0.1, 0.15) is 26.7 Å². The van der Waals surface area contributed by atoms with Crippen molar-refractivity contribution in [3.8, 4) is 0 Å². The highest BCUT2D eigenvalue weighted by molar-refractivity contribution is 5.67. The van der Waals surface area contributed by atoms with Crippen LogP contribution >= 0.6 is 0 Å². The van der Waals surface area contributed by atoms with E-state index in [-0.39, 0.29) is 6.10 Å². The van der Waals surface area contributed by atoms with Crippen molar-refractivity contribution in [1.82, 2.24) is 4.90 Å². The molecule has 0 bridgehead atoms. The number of carboxylic acid groups (broad SMARTS) is 1. The molecule has 3 atom stereocenters. The number of carboxylic acids is 1. The SMILES string of the molecule is COC(C)C(C)N1CCC(CC(=O)O)C1. The van der Waals surface area contributed by atoms with Crippen molar-refractivity contribution in [2.45, 2.75) is 38.8 Å². The molecule has 0 aromatic carbocycles. The molecule has 4 nitrogen and oxygen atoms in total. The largest absolute Gasteiger partial charge is 0.481 e. The van der Waals surface area contributed by atoms with Gasteiger partial charge in [0.15, 0.2) is 0 Å². The van der Waals surface area contributed by atoms with E-state index in [1.807, 2.05) is 0 Å². The van der Waals surface area contributed by atoms with E-state index in [1.54, 1.807) is 7.11 Å². The van der Waals surface area contributed by atoms with E-state index in [2.05, 4.69) is 18.7 Å². The predicted molar refractivity (Wildman–Crippen MR) is 57.9 cm³/mol. The van der Waals surface area contributed by atoms with Gasteiger partial charge in [-0.05, 0) is 32.7 Å². The van der Waals surface area contributed by atoms with Gasteiger partial charge >= 0.3 is 5.97 Å². The zero-order chi connectivity index (χ0) is 11.4. The van der Waals surface area contributed by atoms with Gasteiger partial charge in [0.1, 0.15) is 0 Å². The molecule has 4 heteroatoms. The van der Waals surface area contributed by atoms with Gasteiger partial charge in [0.25, 0.3) is 0 Å². The van der Waals surface area contributed by atoms with Crippen LogP contribution in [0.2, 0.25) is 0 Å². The van der Waals surface area contributed by atoms with Crippen molar-refractivity contribution in [2.24, 2.45) is 5.92 Å². The van der Waals surface area contributed by atoms with Crippen molar-refractivity contribution >= 4 is 5.97 Å². The Morgan fingerprint density at radius 1 is 1.60 bits per heavy atom. The maximum atomic E-state index is 10.6. The fourth-order valence-electron chi connectivity index (χ4n) is 2.14. The van der Waals surface area contributed by atoms with Gasteiger partial charge in [-0.15, -0.1) is 0 Å². The Morgan fingerprint density at radius 2 is 2.27 bits per heavy atom. The first-order valence-corrected chi connectivity index (χ1v) is 5.53. The lowest BCUT2D eigenvalue weighted by Crippen LogP contribution is -2.39. The third-order valence-electron chi connectivity index (χ3n) is 3.41. The number of nitrogens with zero attached hydrogens (tertiary/aromatic N) is 1. The van der Waals surface area contributed by atoms with E-state index in [0.717, 1.165) is 19.5 Å². The maximum absolute atomic E-state index is 10.6. The minimum atomic E-state index is -0.686. The quantitative estimate of drug-likeness (QED) is 0.749. The molecule has 1 N–H and O–H groups in total. The minimum absolute atomic E-state index is 0.202. The van der Waals surface area contributed by atoms with Crippen LogP contribution in [0.4, 0.5) is 0 Å². The Morgan fingerprint density at radius 3 is 2.80 bits per heavy atom. The van der Waals surface area contributed by atoms with Crippen LogP contribution in [0.3, 0.4) is 0 Å². The van der Waals surface area contributed by atoms with Crippen molar-refractivity contribution < 1.29 is 14.6 Å². The van der Waals surface area contributed by atoms with E-state index < -0.39 is 5.97 Å². The van der Waals surface area contributed by atoms with Crippen molar-refractivity contribution in [3.05, 3.63) is 0 Å². The van der Waals surface area contributed by atoms with E-state index in [0.29, 0.717) is 18.4 Å². The van der Waals surface area contributed by atoms with Gasteiger partial charge in [-0.3, -0.25) is 9.69 Å². The summed E-state index contributed by atoms with van der Waals surface area (Å²) in [6, 6.07) is 0.369. The number of hydrogen-bond donors (Lipinski definition) is 1. The van der Waals surface area contributed by atoms with Crippen LogP contribution in [-0.2, 0) is 9.53 Å². The third-order valence-corrected chi connectivity index (χ3v) is 3.41. The molecule has 0 saturated carbocycles. The molecule has 1 aliphatic rings.